The highest BCUT2D eigenvalue weighted by Crippen LogP contribution is 2.49. The minimum atomic E-state index is -1.21. The van der Waals surface area contributed by atoms with Gasteiger partial charge in [-0.15, -0.1) is 0 Å². The van der Waals surface area contributed by atoms with Gasteiger partial charge in [-0.05, 0) is 32.3 Å². The van der Waals surface area contributed by atoms with Crippen LogP contribution in [0, 0.1) is 19.8 Å². The van der Waals surface area contributed by atoms with Crippen LogP contribution in [0.1, 0.15) is 48.8 Å². The standard InChI is InChI=1S/C22H32Si/c1-17-13-18(2)15-20(14-17)22(11-7-6-8-12-22)19-9-10-21(16-19)23(3,4)5/h9-10,13-16,19H,6-8,11-12H2,1-5H3. The SMILES string of the molecule is Cc1cc(C)cc(C2(C3C=CC([Si](C)(C)C)=C3)CCCCC2)c1. The van der Waals surface area contributed by atoms with E-state index in [1.165, 1.54) is 43.2 Å². The van der Waals surface area contributed by atoms with Crippen LogP contribution in [0.5, 0.6) is 0 Å². The van der Waals surface area contributed by atoms with Gasteiger partial charge in [-0.2, -0.15) is 0 Å². The Morgan fingerprint density at radius 2 is 1.52 bits per heavy atom. The van der Waals surface area contributed by atoms with Crippen LogP contribution in [-0.2, 0) is 5.41 Å². The lowest BCUT2D eigenvalue weighted by atomic mass is 9.62. The first kappa shape index (κ1) is 16.8. The summed E-state index contributed by atoms with van der Waals surface area (Å²) in [4.78, 5) is 0. The molecule has 1 heteroatoms. The van der Waals surface area contributed by atoms with Crippen molar-refractivity contribution in [2.45, 2.75) is 71.0 Å². The lowest BCUT2D eigenvalue weighted by molar-refractivity contribution is 0.253. The van der Waals surface area contributed by atoms with Crippen LogP contribution in [-0.4, -0.2) is 8.07 Å². The van der Waals surface area contributed by atoms with E-state index >= 15 is 0 Å². The van der Waals surface area contributed by atoms with E-state index in [1.54, 1.807) is 10.8 Å². The predicted octanol–water partition coefficient (Wildman–Crippen LogP) is 6.50. The molecular formula is C22H32Si. The molecule has 0 radical (unpaired) electrons. The van der Waals surface area contributed by atoms with E-state index in [9.17, 15) is 0 Å². The molecule has 3 rings (SSSR count). The highest BCUT2D eigenvalue weighted by atomic mass is 28.3. The van der Waals surface area contributed by atoms with Gasteiger partial charge in [-0.3, -0.25) is 0 Å². The second-order valence-corrected chi connectivity index (χ2v) is 13.9. The summed E-state index contributed by atoms with van der Waals surface area (Å²) in [5.41, 5.74) is 4.77. The molecule has 0 saturated heterocycles. The third kappa shape index (κ3) is 3.26. The van der Waals surface area contributed by atoms with Gasteiger partial charge in [0, 0.05) is 11.3 Å². The fourth-order valence-electron chi connectivity index (χ4n) is 4.61. The molecule has 2 aliphatic carbocycles. The fourth-order valence-corrected chi connectivity index (χ4v) is 5.89. The molecule has 0 heterocycles. The van der Waals surface area contributed by atoms with Crippen LogP contribution in [0.15, 0.2) is 41.6 Å². The zero-order chi connectivity index (χ0) is 16.7. The Hall–Kier alpha value is -1.08. The minimum Gasteiger partial charge on any atom is -0.0775 e. The maximum atomic E-state index is 2.63. The van der Waals surface area contributed by atoms with E-state index < -0.39 is 8.07 Å². The smallest absolute Gasteiger partial charge is 0.0771 e. The zero-order valence-corrected chi connectivity index (χ0v) is 16.6. The van der Waals surface area contributed by atoms with E-state index in [0.717, 1.165) is 0 Å². The van der Waals surface area contributed by atoms with Crippen molar-refractivity contribution in [1.29, 1.82) is 0 Å². The molecule has 2 aliphatic rings. The quantitative estimate of drug-likeness (QED) is 0.557. The number of aryl methyl sites for hydroxylation is 2. The Kier molecular flexibility index (Phi) is 4.44. The fraction of sp³-hybridized carbons (Fsp3) is 0.545. The number of hydrogen-bond donors (Lipinski definition) is 0. The lowest BCUT2D eigenvalue weighted by Gasteiger charge is -2.42. The van der Waals surface area contributed by atoms with Gasteiger partial charge in [-0.25, -0.2) is 0 Å². The summed E-state index contributed by atoms with van der Waals surface area (Å²) in [6, 6.07) is 7.24. The van der Waals surface area contributed by atoms with E-state index in [0.29, 0.717) is 11.3 Å². The van der Waals surface area contributed by atoms with Crippen molar-refractivity contribution in [3.05, 3.63) is 58.3 Å². The number of rotatable bonds is 3. The average Bonchev–Trinajstić information content (AvgIpc) is 2.97. The molecule has 23 heavy (non-hydrogen) atoms. The predicted molar refractivity (Wildman–Crippen MR) is 105 cm³/mol. The van der Waals surface area contributed by atoms with Crippen molar-refractivity contribution in [2.75, 3.05) is 0 Å². The average molecular weight is 325 g/mol. The summed E-state index contributed by atoms with van der Waals surface area (Å²) in [6.07, 6.45) is 14.5. The second kappa shape index (κ2) is 6.09. The molecule has 1 aromatic carbocycles. The van der Waals surface area contributed by atoms with Crippen molar-refractivity contribution in [3.8, 4) is 0 Å². The van der Waals surface area contributed by atoms with E-state index in [1.807, 2.05) is 0 Å². The molecular weight excluding hydrogens is 292 g/mol. The molecule has 1 saturated carbocycles. The van der Waals surface area contributed by atoms with E-state index in [4.69, 9.17) is 0 Å². The molecule has 1 unspecified atom stereocenters. The van der Waals surface area contributed by atoms with Crippen LogP contribution in [0.4, 0.5) is 0 Å². The number of benzene rings is 1. The molecule has 1 aromatic rings. The summed E-state index contributed by atoms with van der Waals surface area (Å²) in [5.74, 6) is 0.603. The maximum Gasteiger partial charge on any atom is 0.0771 e. The zero-order valence-electron chi connectivity index (χ0n) is 15.6. The van der Waals surface area contributed by atoms with Gasteiger partial charge in [-0.1, -0.05) is 91.7 Å². The third-order valence-electron chi connectivity index (χ3n) is 5.89. The summed E-state index contributed by atoms with van der Waals surface area (Å²) in [5, 5.41) is 1.65. The largest absolute Gasteiger partial charge is 0.0775 e. The van der Waals surface area contributed by atoms with Crippen molar-refractivity contribution in [2.24, 2.45) is 5.92 Å². The van der Waals surface area contributed by atoms with Gasteiger partial charge in [0.2, 0.25) is 0 Å². The Morgan fingerprint density at radius 3 is 2.04 bits per heavy atom. The Bertz CT molecular complexity index is 616. The molecule has 0 aliphatic heterocycles. The molecule has 1 atom stereocenters. The first-order valence-corrected chi connectivity index (χ1v) is 12.8. The van der Waals surface area contributed by atoms with Gasteiger partial charge < -0.3 is 0 Å². The van der Waals surface area contributed by atoms with Crippen molar-refractivity contribution < 1.29 is 0 Å². The summed E-state index contributed by atoms with van der Waals surface area (Å²) in [6.45, 7) is 11.9. The summed E-state index contributed by atoms with van der Waals surface area (Å²) in [7, 11) is -1.21. The van der Waals surface area contributed by atoms with E-state index in [2.05, 4.69) is 69.9 Å². The van der Waals surface area contributed by atoms with Crippen LogP contribution < -0.4 is 0 Å². The maximum absolute atomic E-state index is 2.63. The monoisotopic (exact) mass is 324 g/mol. The van der Waals surface area contributed by atoms with Gasteiger partial charge in [0.1, 0.15) is 0 Å². The molecule has 0 nitrogen and oxygen atoms in total. The van der Waals surface area contributed by atoms with Gasteiger partial charge >= 0.3 is 0 Å². The highest BCUT2D eigenvalue weighted by molar-refractivity contribution is 6.83. The second-order valence-electron chi connectivity index (χ2n) is 8.85. The van der Waals surface area contributed by atoms with Crippen LogP contribution in [0.25, 0.3) is 0 Å². The topological polar surface area (TPSA) is 0 Å². The highest BCUT2D eigenvalue weighted by Gasteiger charge is 2.41. The molecule has 124 valence electrons. The van der Waals surface area contributed by atoms with Crippen LogP contribution in [0.3, 0.4) is 0 Å². The van der Waals surface area contributed by atoms with Gasteiger partial charge in [0.15, 0.2) is 0 Å². The van der Waals surface area contributed by atoms with Gasteiger partial charge in [0.25, 0.3) is 0 Å². The van der Waals surface area contributed by atoms with Crippen molar-refractivity contribution >= 4 is 8.07 Å². The molecule has 1 fully saturated rings. The molecule has 0 N–H and O–H groups in total. The molecule has 0 spiro atoms. The van der Waals surface area contributed by atoms with Crippen molar-refractivity contribution in [1.82, 2.24) is 0 Å². The summed E-state index contributed by atoms with van der Waals surface area (Å²) < 4.78 is 0. The number of hydrogen-bond acceptors (Lipinski definition) is 0. The molecule has 0 amide bonds. The summed E-state index contributed by atoms with van der Waals surface area (Å²) >= 11 is 0. The molecule has 0 aromatic heterocycles. The Labute approximate surface area is 143 Å². The van der Waals surface area contributed by atoms with Crippen molar-refractivity contribution in [3.63, 3.8) is 0 Å². The molecule has 0 bridgehead atoms. The normalized spacial score (nSPS) is 23.9. The van der Waals surface area contributed by atoms with Crippen LogP contribution >= 0.6 is 0 Å². The third-order valence-corrected chi connectivity index (χ3v) is 7.95. The Balaban J connectivity index is 2.05. The first-order valence-electron chi connectivity index (χ1n) is 9.31. The Morgan fingerprint density at radius 1 is 0.913 bits per heavy atom. The van der Waals surface area contributed by atoms with Gasteiger partial charge in [0.05, 0.1) is 8.07 Å². The first-order chi connectivity index (χ1) is 10.8. The minimum absolute atomic E-state index is 0.340. The van der Waals surface area contributed by atoms with Crippen LogP contribution in [0.2, 0.25) is 19.6 Å². The van der Waals surface area contributed by atoms with E-state index in [-0.39, 0.29) is 0 Å². The number of allylic oxidation sites excluding steroid dienone is 4. The lowest BCUT2D eigenvalue weighted by Crippen LogP contribution is -2.35.